The summed E-state index contributed by atoms with van der Waals surface area (Å²) in [7, 11) is 0. The Hall–Kier alpha value is -2.89. The average Bonchev–Trinajstić information content (AvgIpc) is 2.97. The maximum Gasteiger partial charge on any atom is 0.355 e. The van der Waals surface area contributed by atoms with Crippen molar-refractivity contribution < 1.29 is 19.1 Å². The minimum Gasteiger partial charge on any atom is -0.448 e. The van der Waals surface area contributed by atoms with Crippen LogP contribution in [-0.4, -0.2) is 28.7 Å². The van der Waals surface area contributed by atoms with E-state index < -0.39 is 18.0 Å². The highest BCUT2D eigenvalue weighted by atomic mass is 16.5. The Labute approximate surface area is 133 Å². The van der Waals surface area contributed by atoms with Gasteiger partial charge in [0.1, 0.15) is 5.69 Å². The van der Waals surface area contributed by atoms with Gasteiger partial charge >= 0.3 is 5.97 Å². The fraction of sp³-hybridized carbons (Fsp3) is 0.235. The number of Topliss-reactive ketones (excluding diaryl/α,β-unsaturated/α-hetero) is 1. The van der Waals surface area contributed by atoms with Crippen LogP contribution >= 0.6 is 0 Å². The Bertz CT molecular complexity index is 749. The maximum absolute atomic E-state index is 12.1. The van der Waals surface area contributed by atoms with E-state index in [1.165, 1.54) is 26.1 Å². The summed E-state index contributed by atoms with van der Waals surface area (Å²) in [6.07, 6.45) is 0.461. The van der Waals surface area contributed by atoms with Crippen LogP contribution < -0.4 is 5.32 Å². The van der Waals surface area contributed by atoms with Crippen LogP contribution in [0, 0.1) is 6.92 Å². The molecule has 0 saturated carbocycles. The summed E-state index contributed by atoms with van der Waals surface area (Å²) in [5, 5.41) is 2.68. The van der Waals surface area contributed by atoms with Gasteiger partial charge in [-0.15, -0.1) is 0 Å². The Morgan fingerprint density at radius 1 is 1.22 bits per heavy atom. The van der Waals surface area contributed by atoms with Crippen molar-refractivity contribution in [3.05, 3.63) is 53.3 Å². The smallest absolute Gasteiger partial charge is 0.355 e. The normalized spacial score (nSPS) is 11.6. The Morgan fingerprint density at radius 3 is 2.57 bits per heavy atom. The highest BCUT2D eigenvalue weighted by molar-refractivity contribution is 5.99. The first-order chi connectivity index (χ1) is 10.9. The maximum atomic E-state index is 12.1. The Kier molecular flexibility index (Phi) is 4.95. The van der Waals surface area contributed by atoms with Gasteiger partial charge in [-0.2, -0.15) is 0 Å². The first-order valence-corrected chi connectivity index (χ1v) is 7.14. The van der Waals surface area contributed by atoms with Gasteiger partial charge in [-0.05, 0) is 44.5 Å². The number of nitrogens with one attached hydrogen (secondary N) is 2. The molecule has 2 N–H and O–H groups in total. The molecule has 1 amide bonds. The molecule has 0 aliphatic rings. The van der Waals surface area contributed by atoms with Crippen LogP contribution in [0.2, 0.25) is 0 Å². The molecule has 6 heteroatoms. The zero-order valence-electron chi connectivity index (χ0n) is 13.2. The third-order valence-electron chi connectivity index (χ3n) is 3.25. The lowest BCUT2D eigenvalue weighted by Gasteiger charge is -2.13. The molecule has 23 heavy (non-hydrogen) atoms. The summed E-state index contributed by atoms with van der Waals surface area (Å²) < 4.78 is 5.10. The number of aryl methyl sites for hydroxylation is 1. The number of benzene rings is 1. The molecular formula is C17H18N2O4. The standard InChI is InChI=1S/C17H18N2O4/c1-10-5-4-6-14(7-10)19-16(21)12(3)23-17(22)15-8-13(9-18-15)11(2)20/h4-9,12,18H,1-3H3,(H,19,21)/t12-/m1/s1. The van der Waals surface area contributed by atoms with Crippen molar-refractivity contribution in [2.75, 3.05) is 5.32 Å². The van der Waals surface area contributed by atoms with Crippen molar-refractivity contribution in [1.82, 2.24) is 4.98 Å². The molecular weight excluding hydrogens is 296 g/mol. The van der Waals surface area contributed by atoms with Crippen LogP contribution in [0.5, 0.6) is 0 Å². The van der Waals surface area contributed by atoms with Crippen LogP contribution in [0.4, 0.5) is 5.69 Å². The average molecular weight is 314 g/mol. The second kappa shape index (κ2) is 6.91. The number of anilines is 1. The van der Waals surface area contributed by atoms with E-state index in [0.29, 0.717) is 11.3 Å². The highest BCUT2D eigenvalue weighted by Gasteiger charge is 2.20. The van der Waals surface area contributed by atoms with Crippen LogP contribution in [0.15, 0.2) is 36.5 Å². The number of amides is 1. The quantitative estimate of drug-likeness (QED) is 0.656. The van der Waals surface area contributed by atoms with Gasteiger partial charge in [0.2, 0.25) is 0 Å². The van der Waals surface area contributed by atoms with Gasteiger partial charge in [0.05, 0.1) is 0 Å². The number of aromatic amines is 1. The van der Waals surface area contributed by atoms with E-state index in [4.69, 9.17) is 4.74 Å². The van der Waals surface area contributed by atoms with E-state index in [1.54, 1.807) is 6.07 Å². The van der Waals surface area contributed by atoms with Gasteiger partial charge < -0.3 is 15.0 Å². The van der Waals surface area contributed by atoms with Crippen molar-refractivity contribution in [3.63, 3.8) is 0 Å². The number of esters is 1. The molecule has 0 saturated heterocycles. The van der Waals surface area contributed by atoms with E-state index >= 15 is 0 Å². The zero-order chi connectivity index (χ0) is 17.0. The molecule has 6 nitrogen and oxygen atoms in total. The van der Waals surface area contributed by atoms with E-state index in [-0.39, 0.29) is 11.5 Å². The second-order valence-corrected chi connectivity index (χ2v) is 5.26. The molecule has 2 rings (SSSR count). The lowest BCUT2D eigenvalue weighted by atomic mass is 10.2. The molecule has 1 aromatic carbocycles. The third-order valence-corrected chi connectivity index (χ3v) is 3.25. The van der Waals surface area contributed by atoms with Crippen LogP contribution in [0.3, 0.4) is 0 Å². The monoisotopic (exact) mass is 314 g/mol. The number of hydrogen-bond donors (Lipinski definition) is 2. The number of hydrogen-bond acceptors (Lipinski definition) is 4. The minimum absolute atomic E-state index is 0.130. The van der Waals surface area contributed by atoms with E-state index in [2.05, 4.69) is 10.3 Å². The van der Waals surface area contributed by atoms with Gasteiger partial charge in [-0.3, -0.25) is 9.59 Å². The summed E-state index contributed by atoms with van der Waals surface area (Å²) in [6, 6.07) is 8.71. The van der Waals surface area contributed by atoms with Crippen molar-refractivity contribution >= 4 is 23.3 Å². The number of carbonyl (C=O) groups is 3. The van der Waals surface area contributed by atoms with Gasteiger partial charge in [-0.1, -0.05) is 12.1 Å². The fourth-order valence-corrected chi connectivity index (χ4v) is 1.96. The van der Waals surface area contributed by atoms with E-state index in [9.17, 15) is 14.4 Å². The number of rotatable bonds is 5. The van der Waals surface area contributed by atoms with Crippen LogP contribution in [-0.2, 0) is 9.53 Å². The van der Waals surface area contributed by atoms with E-state index in [0.717, 1.165) is 5.56 Å². The molecule has 0 fully saturated rings. The van der Waals surface area contributed by atoms with Crippen molar-refractivity contribution in [2.24, 2.45) is 0 Å². The van der Waals surface area contributed by atoms with Gasteiger partial charge in [0.25, 0.3) is 5.91 Å². The Balaban J connectivity index is 1.97. The number of ketones is 1. The Morgan fingerprint density at radius 2 is 1.96 bits per heavy atom. The molecule has 2 aromatic rings. The molecule has 0 spiro atoms. The van der Waals surface area contributed by atoms with Crippen molar-refractivity contribution in [1.29, 1.82) is 0 Å². The van der Waals surface area contributed by atoms with Gasteiger partial charge in [-0.25, -0.2) is 4.79 Å². The molecule has 0 aliphatic carbocycles. The largest absolute Gasteiger partial charge is 0.448 e. The summed E-state index contributed by atoms with van der Waals surface area (Å²) in [4.78, 5) is 37.9. The number of aromatic nitrogens is 1. The first kappa shape index (κ1) is 16.5. The number of H-pyrrole nitrogens is 1. The van der Waals surface area contributed by atoms with Crippen molar-refractivity contribution in [3.8, 4) is 0 Å². The molecule has 0 unspecified atom stereocenters. The molecule has 0 bridgehead atoms. The first-order valence-electron chi connectivity index (χ1n) is 7.14. The van der Waals surface area contributed by atoms with Crippen molar-refractivity contribution in [2.45, 2.75) is 26.9 Å². The summed E-state index contributed by atoms with van der Waals surface area (Å²) in [5.74, 6) is -1.28. The third kappa shape index (κ3) is 4.29. The molecule has 1 heterocycles. The molecule has 1 aromatic heterocycles. The fourth-order valence-electron chi connectivity index (χ4n) is 1.96. The lowest BCUT2D eigenvalue weighted by Crippen LogP contribution is -2.30. The number of ether oxygens (including phenoxy) is 1. The molecule has 1 atom stereocenters. The second-order valence-electron chi connectivity index (χ2n) is 5.26. The summed E-state index contributed by atoms with van der Waals surface area (Å²) in [5.41, 5.74) is 2.16. The van der Waals surface area contributed by atoms with Gasteiger partial charge in [0.15, 0.2) is 11.9 Å². The predicted octanol–water partition coefficient (Wildman–Crippen LogP) is 2.71. The molecule has 120 valence electrons. The minimum atomic E-state index is -0.966. The highest BCUT2D eigenvalue weighted by Crippen LogP contribution is 2.12. The number of carbonyl (C=O) groups excluding carboxylic acids is 3. The lowest BCUT2D eigenvalue weighted by molar-refractivity contribution is -0.123. The predicted molar refractivity (Wildman–Crippen MR) is 85.5 cm³/mol. The molecule has 0 radical (unpaired) electrons. The summed E-state index contributed by atoms with van der Waals surface area (Å²) >= 11 is 0. The van der Waals surface area contributed by atoms with Crippen LogP contribution in [0.25, 0.3) is 0 Å². The zero-order valence-corrected chi connectivity index (χ0v) is 13.2. The van der Waals surface area contributed by atoms with E-state index in [1.807, 2.05) is 25.1 Å². The SMILES string of the molecule is CC(=O)c1c[nH]c(C(=O)O[C@H](C)C(=O)Nc2cccc(C)c2)c1. The van der Waals surface area contributed by atoms with Gasteiger partial charge in [0, 0.05) is 17.4 Å². The summed E-state index contributed by atoms with van der Waals surface area (Å²) in [6.45, 7) is 4.80. The molecule has 0 aliphatic heterocycles. The topological polar surface area (TPSA) is 88.3 Å². The van der Waals surface area contributed by atoms with Crippen LogP contribution in [0.1, 0.15) is 40.3 Å².